The molecule has 0 unspecified atom stereocenters. The maximum Gasteiger partial charge on any atom is 0.322 e. The second kappa shape index (κ2) is 5.30. The Morgan fingerprint density at radius 3 is 2.79 bits per heavy atom. The van der Waals surface area contributed by atoms with E-state index in [4.69, 9.17) is 15.7 Å². The van der Waals surface area contributed by atoms with Gasteiger partial charge in [0.1, 0.15) is 5.69 Å². The molecular weight excluding hydrogens is 251 g/mol. The third-order valence-electron chi connectivity index (χ3n) is 2.24. The molecule has 0 amide bonds. The number of aromatic nitrogens is 2. The Bertz CT molecular complexity index is 631. The van der Waals surface area contributed by atoms with E-state index in [1.54, 1.807) is 19.1 Å². The first-order chi connectivity index (χ1) is 9.10. The number of rotatable bonds is 3. The fraction of sp³-hybridized carbons (Fsp3) is 0.0833. The van der Waals surface area contributed by atoms with Crippen molar-refractivity contribution < 1.29 is 14.3 Å². The molecular formula is C12H11FN4O2. The Labute approximate surface area is 108 Å². The van der Waals surface area contributed by atoms with Gasteiger partial charge in [0.05, 0.1) is 0 Å². The molecule has 0 atom stereocenters. The SMILES string of the molecule is Cc1cc(/C(N)=N/O)nc(Oc2ccccc2F)n1. The molecule has 1 aromatic heterocycles. The molecule has 0 radical (unpaired) electrons. The van der Waals surface area contributed by atoms with E-state index in [1.165, 1.54) is 18.2 Å². The lowest BCUT2D eigenvalue weighted by Crippen LogP contribution is -2.16. The highest BCUT2D eigenvalue weighted by molar-refractivity contribution is 5.95. The number of hydrogen-bond acceptors (Lipinski definition) is 5. The summed E-state index contributed by atoms with van der Waals surface area (Å²) in [5, 5.41) is 11.4. The first kappa shape index (κ1) is 12.7. The molecule has 0 saturated carbocycles. The lowest BCUT2D eigenvalue weighted by molar-refractivity contribution is 0.318. The molecule has 98 valence electrons. The molecule has 0 spiro atoms. The summed E-state index contributed by atoms with van der Waals surface area (Å²) in [5.74, 6) is -0.708. The summed E-state index contributed by atoms with van der Waals surface area (Å²) in [6.07, 6.45) is 0. The number of hydrogen-bond donors (Lipinski definition) is 2. The molecule has 1 heterocycles. The molecule has 19 heavy (non-hydrogen) atoms. The summed E-state index contributed by atoms with van der Waals surface area (Å²) in [7, 11) is 0. The third-order valence-corrected chi connectivity index (χ3v) is 2.24. The lowest BCUT2D eigenvalue weighted by Gasteiger charge is -2.07. The predicted molar refractivity (Wildman–Crippen MR) is 65.8 cm³/mol. The van der Waals surface area contributed by atoms with Crippen LogP contribution < -0.4 is 10.5 Å². The van der Waals surface area contributed by atoms with Crippen LogP contribution in [0.25, 0.3) is 0 Å². The normalized spacial score (nSPS) is 11.4. The van der Waals surface area contributed by atoms with Gasteiger partial charge in [-0.05, 0) is 25.1 Å². The standard InChI is InChI=1S/C12H11FN4O2/c1-7-6-9(11(14)17-18)16-12(15-7)19-10-5-3-2-4-8(10)13/h2-6,18H,1H3,(H2,14,17). The lowest BCUT2D eigenvalue weighted by atomic mass is 10.3. The van der Waals surface area contributed by atoms with E-state index in [0.717, 1.165) is 0 Å². The molecule has 1 aromatic carbocycles. The number of benzene rings is 1. The minimum absolute atomic E-state index is 0.00133. The number of nitrogens with zero attached hydrogens (tertiary/aromatic N) is 3. The van der Waals surface area contributed by atoms with Gasteiger partial charge in [0.15, 0.2) is 17.4 Å². The summed E-state index contributed by atoms with van der Waals surface area (Å²) in [6, 6.07) is 7.31. The van der Waals surface area contributed by atoms with Gasteiger partial charge in [0, 0.05) is 5.69 Å². The molecule has 2 aromatic rings. The van der Waals surface area contributed by atoms with E-state index >= 15 is 0 Å². The van der Waals surface area contributed by atoms with Crippen molar-refractivity contribution >= 4 is 5.84 Å². The summed E-state index contributed by atoms with van der Waals surface area (Å²) in [5.41, 5.74) is 6.18. The van der Waals surface area contributed by atoms with Gasteiger partial charge >= 0.3 is 6.01 Å². The Hall–Kier alpha value is -2.70. The van der Waals surface area contributed by atoms with E-state index in [-0.39, 0.29) is 23.3 Å². The van der Waals surface area contributed by atoms with Crippen LogP contribution in [0, 0.1) is 12.7 Å². The van der Waals surface area contributed by atoms with E-state index in [0.29, 0.717) is 5.69 Å². The van der Waals surface area contributed by atoms with Crippen molar-refractivity contribution in [1.29, 1.82) is 0 Å². The van der Waals surface area contributed by atoms with Crippen LogP contribution in [0.15, 0.2) is 35.5 Å². The average molecular weight is 262 g/mol. The average Bonchev–Trinajstić information content (AvgIpc) is 2.40. The zero-order chi connectivity index (χ0) is 13.8. The molecule has 0 bridgehead atoms. The van der Waals surface area contributed by atoms with Crippen LogP contribution in [0.5, 0.6) is 11.8 Å². The van der Waals surface area contributed by atoms with E-state index in [9.17, 15) is 4.39 Å². The first-order valence-electron chi connectivity index (χ1n) is 5.36. The van der Waals surface area contributed by atoms with Crippen LogP contribution in [0.4, 0.5) is 4.39 Å². The van der Waals surface area contributed by atoms with Gasteiger partial charge in [0.2, 0.25) is 0 Å². The molecule has 6 nitrogen and oxygen atoms in total. The molecule has 0 aliphatic heterocycles. The van der Waals surface area contributed by atoms with Gasteiger partial charge < -0.3 is 15.7 Å². The number of ether oxygens (including phenoxy) is 1. The second-order valence-electron chi connectivity index (χ2n) is 3.69. The van der Waals surface area contributed by atoms with Crippen LogP contribution in [-0.2, 0) is 0 Å². The monoisotopic (exact) mass is 262 g/mol. The Kier molecular flexibility index (Phi) is 3.56. The Morgan fingerprint density at radius 1 is 1.37 bits per heavy atom. The number of aryl methyl sites for hydroxylation is 1. The van der Waals surface area contributed by atoms with Crippen molar-refractivity contribution in [1.82, 2.24) is 9.97 Å². The zero-order valence-electron chi connectivity index (χ0n) is 10.0. The first-order valence-corrected chi connectivity index (χ1v) is 5.36. The fourth-order valence-electron chi connectivity index (χ4n) is 1.40. The molecule has 0 aliphatic carbocycles. The zero-order valence-corrected chi connectivity index (χ0v) is 10.0. The molecule has 0 aliphatic rings. The maximum atomic E-state index is 13.4. The molecule has 0 saturated heterocycles. The fourth-order valence-corrected chi connectivity index (χ4v) is 1.40. The van der Waals surface area contributed by atoms with Gasteiger partial charge in [-0.25, -0.2) is 9.37 Å². The highest BCUT2D eigenvalue weighted by Crippen LogP contribution is 2.21. The molecule has 7 heteroatoms. The van der Waals surface area contributed by atoms with Gasteiger partial charge in [-0.3, -0.25) is 0 Å². The number of para-hydroxylation sites is 1. The van der Waals surface area contributed by atoms with E-state index < -0.39 is 5.82 Å². The van der Waals surface area contributed by atoms with Gasteiger partial charge in [0.25, 0.3) is 0 Å². The molecule has 0 fully saturated rings. The second-order valence-corrected chi connectivity index (χ2v) is 3.69. The van der Waals surface area contributed by atoms with Crippen LogP contribution >= 0.6 is 0 Å². The Morgan fingerprint density at radius 2 is 2.11 bits per heavy atom. The summed E-state index contributed by atoms with van der Waals surface area (Å²) in [4.78, 5) is 7.92. The van der Waals surface area contributed by atoms with Crippen molar-refractivity contribution in [2.45, 2.75) is 6.92 Å². The number of halogens is 1. The minimum atomic E-state index is -0.530. The van der Waals surface area contributed by atoms with Crippen LogP contribution in [0.3, 0.4) is 0 Å². The number of oxime groups is 1. The number of amidine groups is 1. The number of nitrogens with two attached hydrogens (primary N) is 1. The largest absolute Gasteiger partial charge is 0.421 e. The van der Waals surface area contributed by atoms with Gasteiger partial charge in [-0.2, -0.15) is 4.98 Å². The summed E-state index contributed by atoms with van der Waals surface area (Å²) >= 11 is 0. The smallest absolute Gasteiger partial charge is 0.322 e. The molecule has 2 rings (SSSR count). The summed E-state index contributed by atoms with van der Waals surface area (Å²) < 4.78 is 18.7. The molecule has 3 N–H and O–H groups in total. The third kappa shape index (κ3) is 2.95. The van der Waals surface area contributed by atoms with Gasteiger partial charge in [-0.15, -0.1) is 0 Å². The van der Waals surface area contributed by atoms with Crippen molar-refractivity contribution in [3.63, 3.8) is 0 Å². The highest BCUT2D eigenvalue weighted by Gasteiger charge is 2.10. The van der Waals surface area contributed by atoms with E-state index in [1.807, 2.05) is 0 Å². The van der Waals surface area contributed by atoms with Crippen LogP contribution in [-0.4, -0.2) is 21.0 Å². The maximum absolute atomic E-state index is 13.4. The minimum Gasteiger partial charge on any atom is -0.421 e. The van der Waals surface area contributed by atoms with Crippen molar-refractivity contribution in [2.75, 3.05) is 0 Å². The van der Waals surface area contributed by atoms with Crippen molar-refractivity contribution in [3.05, 3.63) is 47.5 Å². The topological polar surface area (TPSA) is 93.6 Å². The van der Waals surface area contributed by atoms with Crippen LogP contribution in [0.1, 0.15) is 11.4 Å². The quantitative estimate of drug-likeness (QED) is 0.381. The predicted octanol–water partition coefficient (Wildman–Crippen LogP) is 1.81. The van der Waals surface area contributed by atoms with Crippen molar-refractivity contribution in [3.8, 4) is 11.8 Å². The summed E-state index contributed by atoms with van der Waals surface area (Å²) in [6.45, 7) is 1.68. The Balaban J connectivity index is 2.36. The highest BCUT2D eigenvalue weighted by atomic mass is 19.1. The van der Waals surface area contributed by atoms with Crippen LogP contribution in [0.2, 0.25) is 0 Å². The van der Waals surface area contributed by atoms with Gasteiger partial charge in [-0.1, -0.05) is 17.3 Å². The van der Waals surface area contributed by atoms with E-state index in [2.05, 4.69) is 15.1 Å². The van der Waals surface area contributed by atoms with Crippen molar-refractivity contribution in [2.24, 2.45) is 10.9 Å².